The van der Waals surface area contributed by atoms with Gasteiger partial charge in [-0.15, -0.1) is 0 Å². The van der Waals surface area contributed by atoms with Crippen molar-refractivity contribution in [1.29, 1.82) is 0 Å². The smallest absolute Gasteiger partial charge is 0.237 e. The Morgan fingerprint density at radius 3 is 2.58 bits per heavy atom. The third kappa shape index (κ3) is 4.10. The number of aryl methyl sites for hydroxylation is 1. The number of amides is 1. The molecule has 0 saturated carbocycles. The molecule has 0 radical (unpaired) electrons. The number of rotatable bonds is 4. The van der Waals surface area contributed by atoms with E-state index in [1.165, 1.54) is 17.3 Å². The van der Waals surface area contributed by atoms with E-state index >= 15 is 0 Å². The van der Waals surface area contributed by atoms with Crippen molar-refractivity contribution in [3.8, 4) is 0 Å². The van der Waals surface area contributed by atoms with Crippen LogP contribution in [-0.4, -0.2) is 16.1 Å². The molecule has 2 rings (SSSR count). The van der Waals surface area contributed by atoms with Crippen molar-refractivity contribution < 1.29 is 4.79 Å². The zero-order valence-electron chi connectivity index (χ0n) is 11.0. The van der Waals surface area contributed by atoms with Crippen LogP contribution in [0.1, 0.15) is 12.5 Å². The molecule has 0 saturated heterocycles. The zero-order chi connectivity index (χ0) is 13.7. The molecule has 1 amide bonds. The summed E-state index contributed by atoms with van der Waals surface area (Å²) in [4.78, 5) is 16.2. The summed E-state index contributed by atoms with van der Waals surface area (Å²) in [5.74, 6) is -0.0143. The Morgan fingerprint density at radius 2 is 1.95 bits per heavy atom. The number of carbonyl (C=O) groups is 1. The molecule has 1 N–H and O–H groups in total. The van der Waals surface area contributed by atoms with Gasteiger partial charge in [-0.1, -0.05) is 35.5 Å². The molecular weight excluding hydrogens is 256 g/mol. The van der Waals surface area contributed by atoms with Gasteiger partial charge in [0.2, 0.25) is 5.91 Å². The van der Waals surface area contributed by atoms with E-state index in [1.807, 2.05) is 56.3 Å². The Hall–Kier alpha value is -1.81. The van der Waals surface area contributed by atoms with Crippen molar-refractivity contribution in [1.82, 2.24) is 4.98 Å². The van der Waals surface area contributed by atoms with Crippen molar-refractivity contribution in [2.45, 2.75) is 24.1 Å². The lowest BCUT2D eigenvalue weighted by Gasteiger charge is -2.11. The largest absolute Gasteiger partial charge is 0.325 e. The van der Waals surface area contributed by atoms with E-state index in [0.29, 0.717) is 0 Å². The number of nitrogens with zero attached hydrogens (tertiary/aromatic N) is 1. The minimum atomic E-state index is -0.184. The number of nitrogens with one attached hydrogen (secondary N) is 1. The number of pyridine rings is 1. The molecule has 0 unspecified atom stereocenters. The van der Waals surface area contributed by atoms with Crippen LogP contribution in [0.3, 0.4) is 0 Å². The first-order valence-electron chi connectivity index (χ1n) is 6.10. The van der Waals surface area contributed by atoms with Gasteiger partial charge in [-0.3, -0.25) is 4.79 Å². The number of thioether (sulfide) groups is 1. The van der Waals surface area contributed by atoms with Gasteiger partial charge < -0.3 is 5.32 Å². The fourth-order valence-electron chi connectivity index (χ4n) is 1.53. The quantitative estimate of drug-likeness (QED) is 0.866. The Balaban J connectivity index is 1.94. The number of carbonyl (C=O) groups excluding carboxylic acids is 1. The summed E-state index contributed by atoms with van der Waals surface area (Å²) >= 11 is 1.45. The van der Waals surface area contributed by atoms with Crippen LogP contribution in [0.25, 0.3) is 0 Å². The van der Waals surface area contributed by atoms with Crippen molar-refractivity contribution in [3.05, 3.63) is 54.2 Å². The van der Waals surface area contributed by atoms with Gasteiger partial charge in [-0.25, -0.2) is 4.98 Å². The maximum atomic E-state index is 12.0. The Labute approximate surface area is 117 Å². The lowest BCUT2D eigenvalue weighted by atomic mass is 10.2. The first-order chi connectivity index (χ1) is 9.15. The van der Waals surface area contributed by atoms with Crippen LogP contribution >= 0.6 is 11.8 Å². The van der Waals surface area contributed by atoms with Gasteiger partial charge in [0.05, 0.1) is 10.3 Å². The third-order valence-corrected chi connectivity index (χ3v) is 3.67. The minimum absolute atomic E-state index is 0.0143. The van der Waals surface area contributed by atoms with E-state index in [9.17, 15) is 4.79 Å². The summed E-state index contributed by atoms with van der Waals surface area (Å²) in [6.07, 6.45) is 1.73. The molecule has 1 atom stereocenters. The highest BCUT2D eigenvalue weighted by Gasteiger charge is 2.14. The van der Waals surface area contributed by atoms with Crippen LogP contribution in [0.5, 0.6) is 0 Å². The average molecular weight is 272 g/mol. The third-order valence-electron chi connectivity index (χ3n) is 2.62. The summed E-state index contributed by atoms with van der Waals surface area (Å²) in [5.41, 5.74) is 2.00. The normalized spacial score (nSPS) is 11.9. The van der Waals surface area contributed by atoms with Gasteiger partial charge in [-0.05, 0) is 38.1 Å². The van der Waals surface area contributed by atoms with Crippen molar-refractivity contribution in [2.75, 3.05) is 5.32 Å². The molecule has 1 aromatic carbocycles. The lowest BCUT2D eigenvalue weighted by molar-refractivity contribution is -0.115. The minimum Gasteiger partial charge on any atom is -0.325 e. The summed E-state index contributed by atoms with van der Waals surface area (Å²) < 4.78 is 0. The average Bonchev–Trinajstić information content (AvgIpc) is 2.42. The second kappa shape index (κ2) is 6.38. The fraction of sp³-hybridized carbons (Fsp3) is 0.200. The first-order valence-corrected chi connectivity index (χ1v) is 6.98. The number of anilines is 1. The number of hydrogen-bond acceptors (Lipinski definition) is 3. The van der Waals surface area contributed by atoms with Crippen molar-refractivity contribution in [3.63, 3.8) is 0 Å². The molecule has 0 aliphatic rings. The van der Waals surface area contributed by atoms with E-state index in [4.69, 9.17) is 0 Å². The fourth-order valence-corrected chi connectivity index (χ4v) is 2.34. The molecule has 0 fully saturated rings. The van der Waals surface area contributed by atoms with Gasteiger partial charge in [0.1, 0.15) is 0 Å². The van der Waals surface area contributed by atoms with Gasteiger partial charge >= 0.3 is 0 Å². The van der Waals surface area contributed by atoms with Gasteiger partial charge in [0.15, 0.2) is 0 Å². The maximum absolute atomic E-state index is 12.0. The molecule has 0 aliphatic carbocycles. The second-order valence-electron chi connectivity index (χ2n) is 4.28. The predicted octanol–water partition coefficient (Wildman–Crippen LogP) is 3.51. The van der Waals surface area contributed by atoms with E-state index in [0.717, 1.165) is 10.7 Å². The molecule has 0 bridgehead atoms. The SMILES string of the molecule is Cc1ccc(NC(=O)[C@H](C)Sc2ccccn2)cc1. The van der Waals surface area contributed by atoms with Crippen LogP contribution in [-0.2, 0) is 4.79 Å². The number of benzene rings is 1. The van der Waals surface area contributed by atoms with Crippen LogP contribution in [0.2, 0.25) is 0 Å². The molecule has 1 heterocycles. The molecule has 3 nitrogen and oxygen atoms in total. The highest BCUT2D eigenvalue weighted by atomic mass is 32.2. The second-order valence-corrected chi connectivity index (χ2v) is 5.64. The maximum Gasteiger partial charge on any atom is 0.237 e. The lowest BCUT2D eigenvalue weighted by Crippen LogP contribution is -2.22. The topological polar surface area (TPSA) is 42.0 Å². The summed E-state index contributed by atoms with van der Waals surface area (Å²) in [6.45, 7) is 3.90. The predicted molar refractivity (Wildman–Crippen MR) is 79.4 cm³/mol. The van der Waals surface area contributed by atoms with E-state index in [1.54, 1.807) is 6.20 Å². The Kier molecular flexibility index (Phi) is 4.58. The van der Waals surface area contributed by atoms with Crippen molar-refractivity contribution in [2.24, 2.45) is 0 Å². The highest BCUT2D eigenvalue weighted by Crippen LogP contribution is 2.21. The standard InChI is InChI=1S/C15H16N2OS/c1-11-6-8-13(9-7-11)17-15(18)12(2)19-14-5-3-4-10-16-14/h3-10,12H,1-2H3,(H,17,18)/t12-/m0/s1. The van der Waals surface area contributed by atoms with E-state index in [2.05, 4.69) is 10.3 Å². The summed E-state index contributed by atoms with van der Waals surface area (Å²) in [7, 11) is 0. The molecule has 19 heavy (non-hydrogen) atoms. The van der Waals surface area contributed by atoms with Gasteiger partial charge in [-0.2, -0.15) is 0 Å². The van der Waals surface area contributed by atoms with Crippen LogP contribution in [0.4, 0.5) is 5.69 Å². The summed E-state index contributed by atoms with van der Waals surface area (Å²) in [6, 6.07) is 13.5. The van der Waals surface area contributed by atoms with Crippen molar-refractivity contribution >= 4 is 23.4 Å². The molecule has 0 spiro atoms. The number of aromatic nitrogens is 1. The van der Waals surface area contributed by atoms with Crippen LogP contribution in [0, 0.1) is 6.92 Å². The highest BCUT2D eigenvalue weighted by molar-refractivity contribution is 8.00. The van der Waals surface area contributed by atoms with Gasteiger partial charge in [0, 0.05) is 11.9 Å². The van der Waals surface area contributed by atoms with Crippen LogP contribution < -0.4 is 5.32 Å². The number of hydrogen-bond donors (Lipinski definition) is 1. The molecule has 0 aliphatic heterocycles. The molecule has 4 heteroatoms. The van der Waals surface area contributed by atoms with Crippen LogP contribution in [0.15, 0.2) is 53.7 Å². The first kappa shape index (κ1) is 13.6. The molecule has 2 aromatic rings. The zero-order valence-corrected chi connectivity index (χ0v) is 11.8. The molecule has 98 valence electrons. The molecule has 1 aromatic heterocycles. The van der Waals surface area contributed by atoms with Gasteiger partial charge in [0.25, 0.3) is 0 Å². The molecular formula is C15H16N2OS. The van der Waals surface area contributed by atoms with E-state index in [-0.39, 0.29) is 11.2 Å². The Bertz CT molecular complexity index is 540. The monoisotopic (exact) mass is 272 g/mol. The van der Waals surface area contributed by atoms with E-state index < -0.39 is 0 Å². The summed E-state index contributed by atoms with van der Waals surface area (Å²) in [5, 5.41) is 3.57. The Morgan fingerprint density at radius 1 is 1.21 bits per heavy atom.